The summed E-state index contributed by atoms with van der Waals surface area (Å²) >= 11 is 0. The van der Waals surface area contributed by atoms with E-state index >= 15 is 0 Å². The van der Waals surface area contributed by atoms with E-state index in [0.29, 0.717) is 31.1 Å². The number of amides is 2. The lowest BCUT2D eigenvalue weighted by Gasteiger charge is -2.29. The number of carbonyl (C=O) groups is 2. The van der Waals surface area contributed by atoms with Gasteiger partial charge in [0.05, 0.1) is 11.9 Å². The molecule has 1 N–H and O–H groups in total. The zero-order valence-corrected chi connectivity index (χ0v) is 21.6. The van der Waals surface area contributed by atoms with E-state index in [9.17, 15) is 18.0 Å². The van der Waals surface area contributed by atoms with Crippen LogP contribution in [-0.2, 0) is 26.2 Å². The zero-order chi connectivity index (χ0) is 25.3. The molecule has 0 heterocycles. The average Bonchev–Trinajstić information content (AvgIpc) is 2.78. The minimum Gasteiger partial charge on any atom is -0.354 e. The SMILES string of the molecule is Cc1ccc(N(CCCC(=O)N(Cc2ccccc2)C(C)C(=O)NCC(C)C)S(C)(=O)=O)cc1. The summed E-state index contributed by atoms with van der Waals surface area (Å²) in [7, 11) is -3.50. The number of hydrogen-bond acceptors (Lipinski definition) is 4. The van der Waals surface area contributed by atoms with Crippen molar-refractivity contribution in [3.05, 3.63) is 65.7 Å². The predicted octanol–water partition coefficient (Wildman–Crippen LogP) is 3.73. The maximum absolute atomic E-state index is 13.2. The van der Waals surface area contributed by atoms with Crippen LogP contribution in [0, 0.1) is 12.8 Å². The summed E-state index contributed by atoms with van der Waals surface area (Å²) in [6.45, 7) is 8.72. The Morgan fingerprint density at radius 1 is 0.971 bits per heavy atom. The normalized spacial score (nSPS) is 12.3. The van der Waals surface area contributed by atoms with E-state index < -0.39 is 16.1 Å². The molecule has 0 aliphatic heterocycles. The van der Waals surface area contributed by atoms with Gasteiger partial charge in [-0.1, -0.05) is 61.9 Å². The summed E-state index contributed by atoms with van der Waals surface area (Å²) in [6.07, 6.45) is 1.63. The molecule has 0 aliphatic carbocycles. The molecule has 0 saturated heterocycles. The highest BCUT2D eigenvalue weighted by Crippen LogP contribution is 2.19. The van der Waals surface area contributed by atoms with Crippen LogP contribution in [0.15, 0.2) is 54.6 Å². The van der Waals surface area contributed by atoms with Gasteiger partial charge in [-0.15, -0.1) is 0 Å². The fraction of sp³-hybridized carbons (Fsp3) is 0.462. The van der Waals surface area contributed by atoms with Crippen molar-refractivity contribution in [3.63, 3.8) is 0 Å². The van der Waals surface area contributed by atoms with Gasteiger partial charge in [0.2, 0.25) is 21.8 Å². The molecule has 0 saturated carbocycles. The van der Waals surface area contributed by atoms with Gasteiger partial charge in [0.25, 0.3) is 0 Å². The van der Waals surface area contributed by atoms with Gasteiger partial charge in [0, 0.05) is 26.1 Å². The van der Waals surface area contributed by atoms with Crippen molar-refractivity contribution < 1.29 is 18.0 Å². The molecule has 186 valence electrons. The Kier molecular flexibility index (Phi) is 10.1. The number of aryl methyl sites for hydroxylation is 1. The van der Waals surface area contributed by atoms with Crippen molar-refractivity contribution >= 4 is 27.5 Å². The number of benzene rings is 2. The molecule has 0 aromatic heterocycles. The van der Waals surface area contributed by atoms with Crippen LogP contribution in [0.3, 0.4) is 0 Å². The molecule has 1 atom stereocenters. The van der Waals surface area contributed by atoms with Crippen LogP contribution < -0.4 is 9.62 Å². The number of carbonyl (C=O) groups excluding carboxylic acids is 2. The first-order valence-electron chi connectivity index (χ1n) is 11.6. The average molecular weight is 488 g/mol. The first-order valence-corrected chi connectivity index (χ1v) is 13.5. The van der Waals surface area contributed by atoms with Gasteiger partial charge in [-0.2, -0.15) is 0 Å². The summed E-state index contributed by atoms with van der Waals surface area (Å²) in [6, 6.07) is 16.1. The number of rotatable bonds is 12. The molecule has 0 bridgehead atoms. The van der Waals surface area contributed by atoms with E-state index in [1.54, 1.807) is 24.0 Å². The lowest BCUT2D eigenvalue weighted by molar-refractivity contribution is -0.140. The molecule has 7 nitrogen and oxygen atoms in total. The molecule has 0 aliphatic rings. The summed E-state index contributed by atoms with van der Waals surface area (Å²) in [5.41, 5.74) is 2.54. The standard InChI is InChI=1S/C26H37N3O4S/c1-20(2)18-27-26(31)22(4)28(19-23-10-7-6-8-11-23)25(30)12-9-17-29(34(5,32)33)24-15-13-21(3)14-16-24/h6-8,10-11,13-16,20,22H,9,12,17-19H2,1-5H3,(H,27,31). The molecule has 2 amide bonds. The van der Waals surface area contributed by atoms with Gasteiger partial charge in [0.1, 0.15) is 6.04 Å². The van der Waals surface area contributed by atoms with Gasteiger partial charge in [-0.05, 0) is 43.9 Å². The summed E-state index contributed by atoms with van der Waals surface area (Å²) in [5.74, 6) is -0.0815. The molecule has 0 radical (unpaired) electrons. The van der Waals surface area contributed by atoms with Crippen molar-refractivity contribution in [1.82, 2.24) is 10.2 Å². The monoisotopic (exact) mass is 487 g/mol. The van der Waals surface area contributed by atoms with Crippen molar-refractivity contribution in [1.29, 1.82) is 0 Å². The topological polar surface area (TPSA) is 86.8 Å². The smallest absolute Gasteiger partial charge is 0.242 e. The van der Waals surface area contributed by atoms with Gasteiger partial charge < -0.3 is 10.2 Å². The first-order chi connectivity index (χ1) is 16.0. The number of anilines is 1. The minimum absolute atomic E-state index is 0.131. The number of hydrogen-bond donors (Lipinski definition) is 1. The minimum atomic E-state index is -3.50. The molecule has 0 fully saturated rings. The first kappa shape index (κ1) is 27.4. The van der Waals surface area contributed by atoms with E-state index in [-0.39, 0.29) is 24.8 Å². The molecule has 34 heavy (non-hydrogen) atoms. The maximum atomic E-state index is 13.2. The van der Waals surface area contributed by atoms with Crippen LogP contribution in [0.5, 0.6) is 0 Å². The Balaban J connectivity index is 2.12. The second-order valence-corrected chi connectivity index (χ2v) is 11.0. The Morgan fingerprint density at radius 2 is 1.59 bits per heavy atom. The number of sulfonamides is 1. The van der Waals surface area contributed by atoms with Gasteiger partial charge in [-0.3, -0.25) is 13.9 Å². The number of nitrogens with one attached hydrogen (secondary N) is 1. The highest BCUT2D eigenvalue weighted by Gasteiger charge is 2.26. The van der Waals surface area contributed by atoms with E-state index in [2.05, 4.69) is 5.32 Å². The summed E-state index contributed by atoms with van der Waals surface area (Å²) < 4.78 is 26.1. The Labute approximate surface area is 204 Å². The quantitative estimate of drug-likeness (QED) is 0.494. The van der Waals surface area contributed by atoms with Gasteiger partial charge >= 0.3 is 0 Å². The summed E-state index contributed by atoms with van der Waals surface area (Å²) in [4.78, 5) is 27.5. The molecular weight excluding hydrogens is 450 g/mol. The maximum Gasteiger partial charge on any atom is 0.242 e. The molecule has 2 aromatic carbocycles. The van der Waals surface area contributed by atoms with E-state index in [1.807, 2.05) is 63.2 Å². The van der Waals surface area contributed by atoms with Crippen molar-refractivity contribution in [3.8, 4) is 0 Å². The van der Waals surface area contributed by atoms with E-state index in [0.717, 1.165) is 17.4 Å². The van der Waals surface area contributed by atoms with E-state index in [4.69, 9.17) is 0 Å². The summed E-state index contributed by atoms with van der Waals surface area (Å²) in [5, 5.41) is 2.90. The van der Waals surface area contributed by atoms with Crippen LogP contribution in [0.1, 0.15) is 44.7 Å². The van der Waals surface area contributed by atoms with Crippen molar-refractivity contribution in [2.24, 2.45) is 5.92 Å². The highest BCUT2D eigenvalue weighted by molar-refractivity contribution is 7.92. The van der Waals surface area contributed by atoms with Crippen molar-refractivity contribution in [2.75, 3.05) is 23.7 Å². The Morgan fingerprint density at radius 3 is 2.15 bits per heavy atom. The van der Waals surface area contributed by atoms with Gasteiger partial charge in [0.15, 0.2) is 0 Å². The van der Waals surface area contributed by atoms with Crippen LogP contribution in [0.4, 0.5) is 5.69 Å². The second kappa shape index (κ2) is 12.6. The lowest BCUT2D eigenvalue weighted by atomic mass is 10.1. The van der Waals surface area contributed by atoms with Crippen LogP contribution in [-0.4, -0.2) is 50.5 Å². The molecule has 8 heteroatoms. The number of nitrogens with zero attached hydrogens (tertiary/aromatic N) is 2. The third kappa shape index (κ3) is 8.48. The van der Waals surface area contributed by atoms with Crippen LogP contribution in [0.2, 0.25) is 0 Å². The molecule has 0 spiro atoms. The van der Waals surface area contributed by atoms with Crippen molar-refractivity contribution in [2.45, 2.75) is 53.1 Å². The Hall–Kier alpha value is -2.87. The molecule has 1 unspecified atom stereocenters. The molecule has 2 aromatic rings. The fourth-order valence-corrected chi connectivity index (χ4v) is 4.50. The lowest BCUT2D eigenvalue weighted by Crippen LogP contribution is -2.48. The zero-order valence-electron chi connectivity index (χ0n) is 20.8. The van der Waals surface area contributed by atoms with Crippen LogP contribution >= 0.6 is 0 Å². The predicted molar refractivity (Wildman–Crippen MR) is 137 cm³/mol. The van der Waals surface area contributed by atoms with Crippen LogP contribution in [0.25, 0.3) is 0 Å². The van der Waals surface area contributed by atoms with Gasteiger partial charge in [-0.25, -0.2) is 8.42 Å². The Bertz CT molecular complexity index is 1040. The fourth-order valence-electron chi connectivity index (χ4n) is 3.53. The third-order valence-electron chi connectivity index (χ3n) is 5.52. The molecule has 2 rings (SSSR count). The second-order valence-electron chi connectivity index (χ2n) is 9.10. The van der Waals surface area contributed by atoms with E-state index in [1.165, 1.54) is 4.31 Å². The third-order valence-corrected chi connectivity index (χ3v) is 6.72. The largest absolute Gasteiger partial charge is 0.354 e. The highest BCUT2D eigenvalue weighted by atomic mass is 32.2. The molecular formula is C26H37N3O4S.